The summed E-state index contributed by atoms with van der Waals surface area (Å²) in [7, 11) is 0. The van der Waals surface area contributed by atoms with Crippen molar-refractivity contribution in [3.05, 3.63) is 77.9 Å². The summed E-state index contributed by atoms with van der Waals surface area (Å²) in [5.41, 5.74) is 2.20. The van der Waals surface area contributed by atoms with Crippen LogP contribution >= 0.6 is 0 Å². The second kappa shape index (κ2) is 7.39. The molecule has 1 atom stereocenters. The Morgan fingerprint density at radius 1 is 0.960 bits per heavy atom. The first-order chi connectivity index (χ1) is 12.0. The molecule has 0 bridgehead atoms. The highest BCUT2D eigenvalue weighted by Gasteiger charge is 2.21. The van der Waals surface area contributed by atoms with Crippen LogP contribution in [0.2, 0.25) is 0 Å². The van der Waals surface area contributed by atoms with Gasteiger partial charge in [-0.1, -0.05) is 74.5 Å². The van der Waals surface area contributed by atoms with E-state index in [0.29, 0.717) is 18.1 Å². The van der Waals surface area contributed by atoms with E-state index >= 15 is 0 Å². The third-order valence-electron chi connectivity index (χ3n) is 4.36. The van der Waals surface area contributed by atoms with Crippen molar-refractivity contribution >= 4 is 16.7 Å². The zero-order chi connectivity index (χ0) is 17.8. The van der Waals surface area contributed by atoms with Gasteiger partial charge in [0.1, 0.15) is 5.75 Å². The molecule has 0 heterocycles. The first-order valence-corrected chi connectivity index (χ1v) is 8.50. The van der Waals surface area contributed by atoms with E-state index in [1.165, 1.54) is 5.56 Å². The number of aliphatic carboxylic acids is 1. The summed E-state index contributed by atoms with van der Waals surface area (Å²) in [6, 6.07) is 21.6. The maximum Gasteiger partial charge on any atom is 0.345 e. The van der Waals surface area contributed by atoms with Crippen LogP contribution in [-0.4, -0.2) is 17.2 Å². The first kappa shape index (κ1) is 17.0. The van der Waals surface area contributed by atoms with Gasteiger partial charge in [-0.2, -0.15) is 0 Å². The molecule has 0 aliphatic rings. The van der Waals surface area contributed by atoms with Gasteiger partial charge in [-0.15, -0.1) is 0 Å². The van der Waals surface area contributed by atoms with Crippen LogP contribution in [0.25, 0.3) is 10.8 Å². The average molecular weight is 334 g/mol. The predicted octanol–water partition coefficient (Wildman–Crippen LogP) is 5.04. The van der Waals surface area contributed by atoms with Crippen LogP contribution in [0, 0.1) is 0 Å². The monoisotopic (exact) mass is 334 g/mol. The Hall–Kier alpha value is -2.81. The molecule has 3 nitrogen and oxygen atoms in total. The third-order valence-corrected chi connectivity index (χ3v) is 4.36. The molecule has 0 saturated heterocycles. The van der Waals surface area contributed by atoms with Crippen molar-refractivity contribution in [2.75, 3.05) is 0 Å². The molecule has 0 aliphatic carbocycles. The minimum absolute atomic E-state index is 0.330. The van der Waals surface area contributed by atoms with E-state index in [-0.39, 0.29) is 0 Å². The second-order valence-electron chi connectivity index (χ2n) is 6.52. The fourth-order valence-corrected chi connectivity index (χ4v) is 2.88. The standard InChI is InChI=1S/C22H22O3/c1-15(2)17-12-10-16(11-13-17)14-21(22(23)24)25-20-9-5-7-18-6-3-4-8-19(18)20/h3-13,15,21H,14H2,1-2H3,(H,23,24)/t21-/m0/s1. The lowest BCUT2D eigenvalue weighted by molar-refractivity contribution is -0.144. The molecule has 0 fully saturated rings. The first-order valence-electron chi connectivity index (χ1n) is 8.50. The maximum absolute atomic E-state index is 11.7. The molecule has 0 amide bonds. The Kier molecular flexibility index (Phi) is 5.03. The van der Waals surface area contributed by atoms with Crippen molar-refractivity contribution in [1.29, 1.82) is 0 Å². The molecule has 3 rings (SSSR count). The summed E-state index contributed by atoms with van der Waals surface area (Å²) in [5.74, 6) is 0.0985. The summed E-state index contributed by atoms with van der Waals surface area (Å²) < 4.78 is 5.87. The second-order valence-corrected chi connectivity index (χ2v) is 6.52. The fourth-order valence-electron chi connectivity index (χ4n) is 2.88. The number of hydrogen-bond acceptors (Lipinski definition) is 2. The van der Waals surface area contributed by atoms with Gasteiger partial charge in [-0.25, -0.2) is 4.79 Å². The van der Waals surface area contributed by atoms with Crippen molar-refractivity contribution in [1.82, 2.24) is 0 Å². The smallest absolute Gasteiger partial charge is 0.345 e. The largest absolute Gasteiger partial charge is 0.478 e. The molecular weight excluding hydrogens is 312 g/mol. The molecule has 0 radical (unpaired) electrons. The number of carboxylic acid groups (broad SMARTS) is 1. The van der Waals surface area contributed by atoms with Crippen LogP contribution in [0.5, 0.6) is 5.75 Å². The van der Waals surface area contributed by atoms with Crippen LogP contribution < -0.4 is 4.74 Å². The average Bonchev–Trinajstić information content (AvgIpc) is 2.61. The Labute approximate surface area is 147 Å². The van der Waals surface area contributed by atoms with E-state index < -0.39 is 12.1 Å². The summed E-state index contributed by atoms with van der Waals surface area (Å²) in [5, 5.41) is 11.5. The van der Waals surface area contributed by atoms with Gasteiger partial charge in [0.25, 0.3) is 0 Å². The number of carbonyl (C=O) groups is 1. The van der Waals surface area contributed by atoms with E-state index in [0.717, 1.165) is 16.3 Å². The van der Waals surface area contributed by atoms with Crippen LogP contribution in [-0.2, 0) is 11.2 Å². The van der Waals surface area contributed by atoms with Gasteiger partial charge in [-0.05, 0) is 28.5 Å². The molecule has 25 heavy (non-hydrogen) atoms. The van der Waals surface area contributed by atoms with Crippen molar-refractivity contribution in [2.24, 2.45) is 0 Å². The summed E-state index contributed by atoms with van der Waals surface area (Å²) in [6.07, 6.45) is -0.590. The van der Waals surface area contributed by atoms with Gasteiger partial charge in [0.2, 0.25) is 0 Å². The fraction of sp³-hybridized carbons (Fsp3) is 0.227. The molecule has 1 N–H and O–H groups in total. The predicted molar refractivity (Wildman–Crippen MR) is 100 cm³/mol. The molecule has 3 heteroatoms. The molecule has 3 aromatic carbocycles. The van der Waals surface area contributed by atoms with Crippen molar-refractivity contribution in [3.8, 4) is 5.75 Å². The van der Waals surface area contributed by atoms with Crippen LogP contribution in [0.15, 0.2) is 66.7 Å². The van der Waals surface area contributed by atoms with Gasteiger partial charge in [0, 0.05) is 11.8 Å². The van der Waals surface area contributed by atoms with Gasteiger partial charge >= 0.3 is 5.97 Å². The Morgan fingerprint density at radius 2 is 1.64 bits per heavy atom. The highest BCUT2D eigenvalue weighted by Crippen LogP contribution is 2.27. The van der Waals surface area contributed by atoms with Gasteiger partial charge in [0.15, 0.2) is 6.10 Å². The Balaban J connectivity index is 1.83. The maximum atomic E-state index is 11.7. The summed E-state index contributed by atoms with van der Waals surface area (Å²) >= 11 is 0. The Morgan fingerprint density at radius 3 is 2.32 bits per heavy atom. The summed E-state index contributed by atoms with van der Waals surface area (Å²) in [4.78, 5) is 11.7. The molecule has 0 aromatic heterocycles. The number of carboxylic acids is 1. The molecule has 0 aliphatic heterocycles. The minimum Gasteiger partial charge on any atom is -0.478 e. The van der Waals surface area contributed by atoms with E-state index in [4.69, 9.17) is 4.74 Å². The van der Waals surface area contributed by atoms with Crippen molar-refractivity contribution in [3.63, 3.8) is 0 Å². The molecule has 3 aromatic rings. The van der Waals surface area contributed by atoms with Crippen molar-refractivity contribution in [2.45, 2.75) is 32.3 Å². The van der Waals surface area contributed by atoms with Gasteiger partial charge in [-0.3, -0.25) is 0 Å². The minimum atomic E-state index is -0.958. The highest BCUT2D eigenvalue weighted by atomic mass is 16.5. The normalized spacial score (nSPS) is 12.3. The number of fused-ring (bicyclic) bond motifs is 1. The summed E-state index contributed by atoms with van der Waals surface area (Å²) in [6.45, 7) is 4.28. The van der Waals surface area contributed by atoms with Gasteiger partial charge < -0.3 is 9.84 Å². The SMILES string of the molecule is CC(C)c1ccc(C[C@H](Oc2cccc3ccccc23)C(=O)O)cc1. The zero-order valence-corrected chi connectivity index (χ0v) is 14.5. The molecule has 0 saturated carbocycles. The number of hydrogen-bond donors (Lipinski definition) is 1. The van der Waals surface area contributed by atoms with E-state index in [1.807, 2.05) is 54.6 Å². The highest BCUT2D eigenvalue weighted by molar-refractivity contribution is 5.88. The lowest BCUT2D eigenvalue weighted by Crippen LogP contribution is -2.29. The lowest BCUT2D eigenvalue weighted by Gasteiger charge is -2.17. The van der Waals surface area contributed by atoms with E-state index in [9.17, 15) is 9.90 Å². The molecule has 0 unspecified atom stereocenters. The number of benzene rings is 3. The number of rotatable bonds is 6. The van der Waals surface area contributed by atoms with Crippen LogP contribution in [0.4, 0.5) is 0 Å². The zero-order valence-electron chi connectivity index (χ0n) is 14.5. The molecule has 0 spiro atoms. The quantitative estimate of drug-likeness (QED) is 0.687. The van der Waals surface area contributed by atoms with Crippen LogP contribution in [0.1, 0.15) is 30.9 Å². The molecule has 128 valence electrons. The lowest BCUT2D eigenvalue weighted by atomic mass is 9.99. The Bertz CT molecular complexity index is 861. The van der Waals surface area contributed by atoms with Crippen LogP contribution in [0.3, 0.4) is 0 Å². The van der Waals surface area contributed by atoms with E-state index in [2.05, 4.69) is 26.0 Å². The molecular formula is C22H22O3. The number of ether oxygens (including phenoxy) is 1. The topological polar surface area (TPSA) is 46.5 Å². The van der Waals surface area contributed by atoms with Crippen molar-refractivity contribution < 1.29 is 14.6 Å². The van der Waals surface area contributed by atoms with Gasteiger partial charge in [0.05, 0.1) is 0 Å². The third kappa shape index (κ3) is 4.00. The van der Waals surface area contributed by atoms with E-state index in [1.54, 1.807) is 0 Å².